The molecular weight excluding hydrogens is 388 g/mol. The van der Waals surface area contributed by atoms with Gasteiger partial charge in [0.05, 0.1) is 12.7 Å². The van der Waals surface area contributed by atoms with Crippen LogP contribution in [0.3, 0.4) is 0 Å². The fourth-order valence-electron chi connectivity index (χ4n) is 5.22. The molecule has 2 saturated carbocycles. The summed E-state index contributed by atoms with van der Waals surface area (Å²) in [5.74, 6) is 1.41. The second-order valence-corrected chi connectivity index (χ2v) is 8.86. The van der Waals surface area contributed by atoms with Crippen molar-refractivity contribution in [2.75, 3.05) is 13.2 Å². The van der Waals surface area contributed by atoms with Gasteiger partial charge >= 0.3 is 0 Å². The molecular formula is C23H35ClN2O3. The van der Waals surface area contributed by atoms with E-state index in [2.05, 4.69) is 23.5 Å². The minimum Gasteiger partial charge on any atom is -0.381 e. The van der Waals surface area contributed by atoms with Crippen molar-refractivity contribution >= 4 is 18.3 Å². The highest BCUT2D eigenvalue weighted by Crippen LogP contribution is 2.41. The second-order valence-electron chi connectivity index (χ2n) is 8.86. The molecule has 3 aliphatic rings. The van der Waals surface area contributed by atoms with E-state index in [0.29, 0.717) is 37.1 Å². The first kappa shape index (κ1) is 22.5. The zero-order valence-electron chi connectivity index (χ0n) is 17.2. The van der Waals surface area contributed by atoms with Gasteiger partial charge in [0.25, 0.3) is 0 Å². The van der Waals surface area contributed by atoms with Gasteiger partial charge in [-0.15, -0.1) is 12.4 Å². The van der Waals surface area contributed by atoms with Gasteiger partial charge in [-0.3, -0.25) is 4.79 Å². The molecule has 1 aliphatic heterocycles. The molecule has 3 fully saturated rings. The fourth-order valence-corrected chi connectivity index (χ4v) is 5.22. The number of halogens is 1. The number of ether oxygens (including phenoxy) is 2. The van der Waals surface area contributed by atoms with Gasteiger partial charge in [0.1, 0.15) is 0 Å². The normalized spacial score (nSPS) is 29.7. The highest BCUT2D eigenvalue weighted by atomic mass is 35.5. The number of hydrogen-bond donors (Lipinski definition) is 2. The Morgan fingerprint density at radius 2 is 1.79 bits per heavy atom. The Morgan fingerprint density at radius 3 is 2.52 bits per heavy atom. The summed E-state index contributed by atoms with van der Waals surface area (Å²) in [5.41, 5.74) is 8.66. The number of hydrogen-bond acceptors (Lipinski definition) is 4. The summed E-state index contributed by atoms with van der Waals surface area (Å²) in [5, 5.41) is 3.17. The van der Waals surface area contributed by atoms with Crippen LogP contribution < -0.4 is 11.1 Å². The third-order valence-corrected chi connectivity index (χ3v) is 6.90. The van der Waals surface area contributed by atoms with E-state index < -0.39 is 0 Å². The fraction of sp³-hybridized carbons (Fsp3) is 0.696. The number of amides is 1. The van der Waals surface area contributed by atoms with Gasteiger partial charge in [0.2, 0.25) is 5.91 Å². The van der Waals surface area contributed by atoms with Crippen LogP contribution in [0.1, 0.15) is 56.1 Å². The topological polar surface area (TPSA) is 73.6 Å². The van der Waals surface area contributed by atoms with Crippen molar-refractivity contribution in [3.63, 3.8) is 0 Å². The number of carbonyl (C=O) groups is 1. The number of nitrogens with one attached hydrogen (secondary N) is 1. The molecule has 3 N–H and O–H groups in total. The predicted molar refractivity (Wildman–Crippen MR) is 116 cm³/mol. The molecule has 29 heavy (non-hydrogen) atoms. The quantitative estimate of drug-likeness (QED) is 0.734. The van der Waals surface area contributed by atoms with Gasteiger partial charge < -0.3 is 20.5 Å². The van der Waals surface area contributed by atoms with Crippen LogP contribution >= 0.6 is 12.4 Å². The Hall–Kier alpha value is -1.14. The van der Waals surface area contributed by atoms with Crippen molar-refractivity contribution < 1.29 is 14.3 Å². The third-order valence-electron chi connectivity index (χ3n) is 6.90. The molecule has 2 atom stereocenters. The van der Waals surface area contributed by atoms with Crippen molar-refractivity contribution in [3.05, 3.63) is 35.4 Å². The van der Waals surface area contributed by atoms with Crippen LogP contribution in [0.15, 0.2) is 24.3 Å². The monoisotopic (exact) mass is 422 g/mol. The molecule has 0 spiro atoms. The zero-order valence-corrected chi connectivity index (χ0v) is 18.0. The van der Waals surface area contributed by atoms with E-state index in [9.17, 15) is 4.79 Å². The third kappa shape index (κ3) is 5.94. The van der Waals surface area contributed by atoms with Crippen molar-refractivity contribution in [2.45, 2.75) is 70.2 Å². The molecule has 1 amide bonds. The maximum absolute atomic E-state index is 12.7. The molecule has 2 unspecified atom stereocenters. The summed E-state index contributed by atoms with van der Waals surface area (Å²) in [4.78, 5) is 12.7. The highest BCUT2D eigenvalue weighted by molar-refractivity contribution is 5.85. The summed E-state index contributed by atoms with van der Waals surface area (Å²) in [6, 6.07) is 8.67. The molecule has 1 heterocycles. The number of fused-ring (bicyclic) bond motifs is 2. The summed E-state index contributed by atoms with van der Waals surface area (Å²) < 4.78 is 11.4. The first-order valence-corrected chi connectivity index (χ1v) is 11.0. The smallest absolute Gasteiger partial charge is 0.223 e. The van der Waals surface area contributed by atoms with Crippen LogP contribution in [0.5, 0.6) is 0 Å². The van der Waals surface area contributed by atoms with Gasteiger partial charge in [-0.2, -0.15) is 0 Å². The molecule has 2 aliphatic carbocycles. The number of nitrogens with two attached hydrogens (primary N) is 1. The Bertz CT molecular complexity index is 651. The minimum atomic E-state index is 0. The summed E-state index contributed by atoms with van der Waals surface area (Å²) in [7, 11) is 0. The molecule has 6 heteroatoms. The lowest BCUT2D eigenvalue weighted by molar-refractivity contribution is -0.128. The van der Waals surface area contributed by atoms with E-state index >= 15 is 0 Å². The van der Waals surface area contributed by atoms with Crippen molar-refractivity contribution in [1.82, 2.24) is 5.32 Å². The molecule has 4 rings (SSSR count). The second kappa shape index (κ2) is 10.8. The molecule has 1 saturated heterocycles. The molecule has 5 nitrogen and oxygen atoms in total. The van der Waals surface area contributed by atoms with Gasteiger partial charge in [-0.1, -0.05) is 30.7 Å². The maximum Gasteiger partial charge on any atom is 0.223 e. The van der Waals surface area contributed by atoms with E-state index in [4.69, 9.17) is 15.2 Å². The Balaban J connectivity index is 0.00000240. The van der Waals surface area contributed by atoms with Crippen LogP contribution in [-0.2, 0) is 27.4 Å². The van der Waals surface area contributed by atoms with Gasteiger partial charge in [-0.25, -0.2) is 0 Å². The Kier molecular flexibility index (Phi) is 8.36. The highest BCUT2D eigenvalue weighted by Gasteiger charge is 2.40. The maximum atomic E-state index is 12.7. The van der Waals surface area contributed by atoms with Crippen molar-refractivity contribution in [1.29, 1.82) is 0 Å². The number of benzene rings is 1. The molecule has 0 aromatic heterocycles. The number of rotatable bonds is 6. The predicted octanol–water partition coefficient (Wildman–Crippen LogP) is 3.57. The van der Waals surface area contributed by atoms with Crippen LogP contribution in [0, 0.1) is 17.8 Å². The zero-order chi connectivity index (χ0) is 19.3. The summed E-state index contributed by atoms with van der Waals surface area (Å²) >= 11 is 0. The minimum absolute atomic E-state index is 0. The first-order valence-electron chi connectivity index (χ1n) is 11.0. The molecule has 2 bridgehead atoms. The van der Waals surface area contributed by atoms with E-state index in [1.165, 1.54) is 19.3 Å². The van der Waals surface area contributed by atoms with Crippen molar-refractivity contribution in [2.24, 2.45) is 23.5 Å². The average molecular weight is 423 g/mol. The Morgan fingerprint density at radius 1 is 1.10 bits per heavy atom. The van der Waals surface area contributed by atoms with Crippen LogP contribution in [0.25, 0.3) is 0 Å². The van der Waals surface area contributed by atoms with E-state index in [1.54, 1.807) is 0 Å². The lowest BCUT2D eigenvalue weighted by atomic mass is 9.65. The molecule has 1 aromatic rings. The van der Waals surface area contributed by atoms with E-state index in [1.807, 2.05) is 6.07 Å². The van der Waals surface area contributed by atoms with Gasteiger partial charge in [0.15, 0.2) is 0 Å². The van der Waals surface area contributed by atoms with Gasteiger partial charge in [0, 0.05) is 31.7 Å². The van der Waals surface area contributed by atoms with Crippen LogP contribution in [-0.4, -0.2) is 31.3 Å². The molecule has 162 valence electrons. The van der Waals surface area contributed by atoms with Crippen molar-refractivity contribution in [3.8, 4) is 0 Å². The largest absolute Gasteiger partial charge is 0.381 e. The van der Waals surface area contributed by atoms with E-state index in [0.717, 1.165) is 50.0 Å². The Labute approximate surface area is 180 Å². The lowest BCUT2D eigenvalue weighted by Crippen LogP contribution is -2.49. The molecule has 0 radical (unpaired) electrons. The van der Waals surface area contributed by atoms with E-state index in [-0.39, 0.29) is 24.2 Å². The SMILES string of the molecule is Cl.NC1C2CCCC1CC(C(=O)NCc1cccc(COC3CCOCC3)c1)C2. The average Bonchev–Trinajstić information content (AvgIpc) is 2.71. The first-order chi connectivity index (χ1) is 13.7. The van der Waals surface area contributed by atoms with Crippen LogP contribution in [0.2, 0.25) is 0 Å². The standard InChI is InChI=1S/C23H34N2O3.ClH/c24-22-18-5-2-6-19(22)13-20(12-18)23(26)25-14-16-3-1-4-17(11-16)15-28-21-7-9-27-10-8-21;/h1,3-4,11,18-22H,2,5-10,12-15,24H2,(H,25,26);1H. The van der Waals surface area contributed by atoms with Crippen LogP contribution in [0.4, 0.5) is 0 Å². The summed E-state index contributed by atoms with van der Waals surface area (Å²) in [6.07, 6.45) is 7.83. The summed E-state index contributed by atoms with van der Waals surface area (Å²) in [6.45, 7) is 2.80. The molecule has 1 aromatic carbocycles. The lowest BCUT2D eigenvalue weighted by Gasteiger charge is -2.43. The number of carbonyl (C=O) groups excluding carboxylic acids is 1. The van der Waals surface area contributed by atoms with Gasteiger partial charge in [-0.05, 0) is 61.5 Å².